The maximum Gasteiger partial charge on any atom is 0.335 e. The molecule has 1 amide bonds. The van der Waals surface area contributed by atoms with Gasteiger partial charge < -0.3 is 20.4 Å². The van der Waals surface area contributed by atoms with Gasteiger partial charge in [-0.2, -0.15) is 0 Å². The number of fused-ring (bicyclic) bond motifs is 7. The molecule has 1 saturated heterocycles. The molecule has 7 heteroatoms. The van der Waals surface area contributed by atoms with Gasteiger partial charge in [-0.1, -0.05) is 65.0 Å². The van der Waals surface area contributed by atoms with Crippen LogP contribution in [-0.2, 0) is 9.59 Å². The van der Waals surface area contributed by atoms with Crippen molar-refractivity contribution in [1.82, 2.24) is 10.2 Å². The number of hydrogen-bond acceptors (Lipinski definition) is 4. The molecule has 4 saturated carbocycles. The van der Waals surface area contributed by atoms with E-state index in [-0.39, 0.29) is 39.5 Å². The number of aliphatic carboxylic acids is 1. The van der Waals surface area contributed by atoms with Crippen molar-refractivity contribution < 1.29 is 24.6 Å². The van der Waals surface area contributed by atoms with Crippen molar-refractivity contribution in [3.05, 3.63) is 53.6 Å². The van der Waals surface area contributed by atoms with Gasteiger partial charge in [-0.15, -0.1) is 0 Å². The van der Waals surface area contributed by atoms with Gasteiger partial charge in [0.25, 0.3) is 0 Å². The first-order valence-corrected chi connectivity index (χ1v) is 19.9. The minimum Gasteiger partial charge on any atom is -0.480 e. The van der Waals surface area contributed by atoms with Gasteiger partial charge in [0.15, 0.2) is 0 Å². The van der Waals surface area contributed by atoms with E-state index in [4.69, 9.17) is 0 Å². The number of rotatable bonds is 8. The zero-order chi connectivity index (χ0) is 36.7. The van der Waals surface area contributed by atoms with Gasteiger partial charge in [-0.25, -0.2) is 9.59 Å². The Morgan fingerprint density at radius 2 is 1.61 bits per heavy atom. The summed E-state index contributed by atoms with van der Waals surface area (Å²) in [4.78, 5) is 38.1. The van der Waals surface area contributed by atoms with E-state index in [2.05, 4.69) is 59.5 Å². The third kappa shape index (κ3) is 5.40. The molecule has 0 bridgehead atoms. The summed E-state index contributed by atoms with van der Waals surface area (Å²) < 4.78 is 0. The van der Waals surface area contributed by atoms with E-state index in [0.29, 0.717) is 48.1 Å². The molecule has 3 N–H and O–H groups in total. The predicted octanol–water partition coefficient (Wildman–Crippen LogP) is 8.70. The number of benzene rings is 1. The lowest BCUT2D eigenvalue weighted by molar-refractivity contribution is -0.225. The van der Waals surface area contributed by atoms with Crippen molar-refractivity contribution in [2.45, 2.75) is 118 Å². The van der Waals surface area contributed by atoms with Crippen LogP contribution in [0.2, 0.25) is 0 Å². The lowest BCUT2D eigenvalue weighted by atomic mass is 9.32. The van der Waals surface area contributed by atoms with Gasteiger partial charge in [0, 0.05) is 13.1 Å². The SMILES string of the molecule is C=C(C)C1CCC2(CNCC(=O)N3CCCC3C(=O)O)CCC3(C)C(CCC4C5(C)CC=C(c6ccc(C(=O)O)cc6)C(C)(C)C5CCC43C)C12. The van der Waals surface area contributed by atoms with Crippen molar-refractivity contribution in [1.29, 1.82) is 0 Å². The Labute approximate surface area is 305 Å². The average Bonchev–Trinajstić information content (AvgIpc) is 3.72. The summed E-state index contributed by atoms with van der Waals surface area (Å²) in [5.41, 5.74) is 4.94. The second kappa shape index (κ2) is 12.6. The van der Waals surface area contributed by atoms with Gasteiger partial charge >= 0.3 is 11.9 Å². The van der Waals surface area contributed by atoms with Crippen LogP contribution in [-0.4, -0.2) is 58.6 Å². The third-order valence-electron chi connectivity index (χ3n) is 16.9. The number of nitrogens with one attached hydrogen (secondary N) is 1. The number of hydrogen-bond donors (Lipinski definition) is 3. The quantitative estimate of drug-likeness (QED) is 0.235. The smallest absolute Gasteiger partial charge is 0.335 e. The number of carbonyl (C=O) groups excluding carboxylic acids is 1. The molecule has 10 unspecified atom stereocenters. The Balaban J connectivity index is 1.14. The van der Waals surface area contributed by atoms with Crippen molar-refractivity contribution >= 4 is 23.4 Å². The molecule has 278 valence electrons. The molecule has 5 aliphatic carbocycles. The first-order chi connectivity index (χ1) is 24.0. The molecule has 7 nitrogen and oxygen atoms in total. The van der Waals surface area contributed by atoms with Gasteiger partial charge in [0.1, 0.15) is 6.04 Å². The third-order valence-corrected chi connectivity index (χ3v) is 16.9. The summed E-state index contributed by atoms with van der Waals surface area (Å²) in [7, 11) is 0. The second-order valence-electron chi connectivity index (χ2n) is 19.2. The van der Waals surface area contributed by atoms with Crippen molar-refractivity contribution in [3.63, 3.8) is 0 Å². The molecule has 1 heterocycles. The van der Waals surface area contributed by atoms with E-state index < -0.39 is 18.0 Å². The Morgan fingerprint density at radius 3 is 2.27 bits per heavy atom. The molecule has 0 radical (unpaired) electrons. The van der Waals surface area contributed by atoms with Gasteiger partial charge in [-0.05, 0) is 157 Å². The Morgan fingerprint density at radius 1 is 0.882 bits per heavy atom. The van der Waals surface area contributed by atoms with Crippen LogP contribution < -0.4 is 5.32 Å². The van der Waals surface area contributed by atoms with Crippen LogP contribution in [0, 0.1) is 56.7 Å². The first kappa shape index (κ1) is 36.4. The second-order valence-corrected chi connectivity index (χ2v) is 19.2. The number of carboxylic acid groups (broad SMARTS) is 2. The number of carbonyl (C=O) groups is 3. The average molecular weight is 699 g/mol. The molecule has 1 aromatic rings. The Kier molecular flexibility index (Phi) is 8.99. The molecule has 10 atom stereocenters. The number of allylic oxidation sites excluding steroid dienone is 3. The monoisotopic (exact) mass is 698 g/mol. The number of carboxylic acids is 2. The van der Waals surface area contributed by atoms with E-state index in [0.717, 1.165) is 24.9 Å². The zero-order valence-corrected chi connectivity index (χ0v) is 32.0. The lowest BCUT2D eigenvalue weighted by Gasteiger charge is -2.72. The summed E-state index contributed by atoms with van der Waals surface area (Å²) in [5.74, 6) is 0.990. The molecular weight excluding hydrogens is 636 g/mol. The van der Waals surface area contributed by atoms with Crippen LogP contribution in [0.15, 0.2) is 42.5 Å². The van der Waals surface area contributed by atoms with E-state index >= 15 is 0 Å². The van der Waals surface area contributed by atoms with Gasteiger partial charge in [0.05, 0.1) is 12.1 Å². The van der Waals surface area contributed by atoms with E-state index in [1.54, 1.807) is 17.0 Å². The van der Waals surface area contributed by atoms with Crippen LogP contribution >= 0.6 is 0 Å². The topological polar surface area (TPSA) is 107 Å². The number of likely N-dealkylation sites (tertiary alicyclic amines) is 1. The normalized spacial score (nSPS) is 41.1. The van der Waals surface area contributed by atoms with Crippen LogP contribution in [0.3, 0.4) is 0 Å². The standard InChI is InChI=1S/C44H62N2O5/c1-27(2)30-16-21-44(26-45-25-36(47)46-24-8-9-33(46)39(50)51)23-22-42(6)32(37(30)44)14-15-35-41(5)19-17-31(28-10-12-29(13-11-28)38(48)49)40(3,4)34(41)18-20-43(35,42)7/h10-13,17,30,32-35,37,45H,1,8-9,14-16,18-26H2,2-7H3,(H,48,49)(H,50,51). The molecule has 51 heavy (non-hydrogen) atoms. The highest BCUT2D eigenvalue weighted by molar-refractivity contribution is 5.88. The largest absolute Gasteiger partial charge is 0.480 e. The molecule has 1 aliphatic heterocycles. The van der Waals surface area contributed by atoms with Crippen molar-refractivity contribution in [2.75, 3.05) is 19.6 Å². The summed E-state index contributed by atoms with van der Waals surface area (Å²) in [6.45, 7) is 21.2. The molecule has 6 aliphatic rings. The van der Waals surface area contributed by atoms with Crippen molar-refractivity contribution in [2.24, 2.45) is 56.7 Å². The molecule has 0 aromatic heterocycles. The summed E-state index contributed by atoms with van der Waals surface area (Å²) >= 11 is 0. The number of aromatic carboxylic acids is 1. The zero-order valence-electron chi connectivity index (χ0n) is 32.0. The van der Waals surface area contributed by atoms with Crippen LogP contribution in [0.4, 0.5) is 0 Å². The maximum atomic E-state index is 13.2. The fourth-order valence-electron chi connectivity index (χ4n) is 14.3. The molecular formula is C44H62N2O5. The van der Waals surface area contributed by atoms with E-state index in [1.165, 1.54) is 62.5 Å². The van der Waals surface area contributed by atoms with Crippen LogP contribution in [0.1, 0.15) is 128 Å². The summed E-state index contributed by atoms with van der Waals surface area (Å²) in [6.07, 6.45) is 14.6. The Bertz CT molecular complexity index is 1630. The van der Waals surface area contributed by atoms with Crippen LogP contribution in [0.5, 0.6) is 0 Å². The summed E-state index contributed by atoms with van der Waals surface area (Å²) in [5, 5.41) is 22.8. The highest BCUT2D eigenvalue weighted by Gasteiger charge is 2.70. The molecule has 7 rings (SSSR count). The predicted molar refractivity (Wildman–Crippen MR) is 201 cm³/mol. The van der Waals surface area contributed by atoms with Gasteiger partial charge in [-0.3, -0.25) is 4.79 Å². The molecule has 5 fully saturated rings. The highest BCUT2D eigenvalue weighted by atomic mass is 16.4. The first-order valence-electron chi connectivity index (χ1n) is 19.9. The van der Waals surface area contributed by atoms with E-state index in [9.17, 15) is 24.6 Å². The maximum absolute atomic E-state index is 13.2. The number of nitrogens with zero attached hydrogens (tertiary/aromatic N) is 1. The van der Waals surface area contributed by atoms with Gasteiger partial charge in [0.2, 0.25) is 5.91 Å². The minimum atomic E-state index is -0.890. The van der Waals surface area contributed by atoms with Crippen molar-refractivity contribution in [3.8, 4) is 0 Å². The van der Waals surface area contributed by atoms with Crippen LogP contribution in [0.25, 0.3) is 5.57 Å². The summed E-state index contributed by atoms with van der Waals surface area (Å²) in [6, 6.07) is 6.84. The molecule has 1 aromatic carbocycles. The highest BCUT2D eigenvalue weighted by Crippen LogP contribution is 2.77. The minimum absolute atomic E-state index is 0.0162. The molecule has 0 spiro atoms. The fourth-order valence-corrected chi connectivity index (χ4v) is 14.3. The lowest BCUT2D eigenvalue weighted by Crippen LogP contribution is -2.66. The van der Waals surface area contributed by atoms with E-state index in [1.807, 2.05) is 12.1 Å². The fraction of sp³-hybridized carbons (Fsp3) is 0.705. The Hall–Kier alpha value is -2.93. The number of amides is 1.